The van der Waals surface area contributed by atoms with Gasteiger partial charge in [0.25, 0.3) is 0 Å². The Morgan fingerprint density at radius 1 is 0.281 bits per heavy atom. The summed E-state index contributed by atoms with van der Waals surface area (Å²) in [6.45, 7) is 84.3. The molecule has 4 aromatic rings. The molecule has 0 saturated carbocycles. The van der Waals surface area contributed by atoms with Crippen LogP contribution in [0.4, 0.5) is 11.4 Å². The van der Waals surface area contributed by atoms with Gasteiger partial charge in [-0.1, -0.05) is 302 Å². The standard InChI is InChI=1S/2C21H27N.2C13H23N.8C2H6.8CH4/c1-6-22-15(5)14(4)20-17-10-8-7-9-16(17)19-13(3)12(2)11-18(19)21(20)22;1-6-22-15(5)14(4)20-17-10-8-7-9-16(17)18-11-12(2)13(3)19(18)21(20)22;1-6-14-11(5)10(4)13-9(3)8(2)7-12(13)14;1-6-14-11(5)10(4)12-7-8(2)9(3)13(12)14;8*1-2;;;;;;;;/h2*7-10,12-15H,6,11H2,1-5H3;2*8-11H,6-7H2,1-5H3;8*1-2H3;8*1H4/t12-,13-,14+,15-;12-,13-,14-,15+;8-,9-,10+,11-;8-,9-,10-,11+;;;;;;;;;;;;;;;;/m0101................/s1. The number of benzene rings is 4. The lowest BCUT2D eigenvalue weighted by atomic mass is 9.86. The van der Waals surface area contributed by atoms with Crippen LogP contribution in [0.3, 0.4) is 0 Å². The molecule has 0 amide bonds. The van der Waals surface area contributed by atoms with Gasteiger partial charge in [0.05, 0.1) is 0 Å². The number of fused-ring (bicyclic) bond motifs is 12. The van der Waals surface area contributed by atoms with Gasteiger partial charge < -0.3 is 19.6 Å². The van der Waals surface area contributed by atoms with Gasteiger partial charge in [0, 0.05) is 85.0 Å². The Morgan fingerprint density at radius 3 is 1.01 bits per heavy atom. The molecule has 4 aliphatic heterocycles. The summed E-state index contributed by atoms with van der Waals surface area (Å²) in [6.07, 6.45) is 5.15. The van der Waals surface area contributed by atoms with Crippen LogP contribution >= 0.6 is 0 Å². The molecule has 0 unspecified atom stereocenters. The van der Waals surface area contributed by atoms with E-state index in [0.717, 1.165) is 72.5 Å². The molecule has 0 aromatic heterocycles. The van der Waals surface area contributed by atoms with Crippen LogP contribution in [0.2, 0.25) is 0 Å². The van der Waals surface area contributed by atoms with E-state index in [9.17, 15) is 0 Å². The molecule has 568 valence electrons. The Bertz CT molecular complexity index is 2720. The van der Waals surface area contributed by atoms with Crippen LogP contribution < -0.4 is 9.80 Å². The van der Waals surface area contributed by atoms with E-state index >= 15 is 0 Å². The van der Waals surface area contributed by atoms with Crippen molar-refractivity contribution in [3.63, 3.8) is 0 Å². The second-order valence-corrected chi connectivity index (χ2v) is 25.4. The first-order valence-corrected chi connectivity index (χ1v) is 37.9. The van der Waals surface area contributed by atoms with Crippen molar-refractivity contribution < 1.29 is 0 Å². The molecule has 12 rings (SSSR count). The topological polar surface area (TPSA) is 13.0 Å². The first kappa shape index (κ1) is 108. The van der Waals surface area contributed by atoms with Gasteiger partial charge in [-0.2, -0.15) is 0 Å². The number of likely N-dealkylation sites (N-methyl/N-ethyl adjacent to an activating group) is 2. The highest BCUT2D eigenvalue weighted by Gasteiger charge is 2.45. The minimum absolute atomic E-state index is 0. The zero-order chi connectivity index (χ0) is 68.1. The molecule has 16 atom stereocenters. The molecule has 0 N–H and O–H groups in total. The van der Waals surface area contributed by atoms with Crippen LogP contribution in [0.25, 0.3) is 21.5 Å². The average Bonchev–Trinajstić information content (AvgIpc) is 1.55. The van der Waals surface area contributed by atoms with Crippen LogP contribution in [-0.4, -0.2) is 60.1 Å². The highest BCUT2D eigenvalue weighted by atomic mass is 15.2. The van der Waals surface area contributed by atoms with Gasteiger partial charge in [0.2, 0.25) is 0 Å². The van der Waals surface area contributed by atoms with Crippen molar-refractivity contribution in [1.82, 2.24) is 9.80 Å². The summed E-state index contributed by atoms with van der Waals surface area (Å²) < 4.78 is 0. The Hall–Kier alpha value is -3.92. The lowest BCUT2D eigenvalue weighted by Gasteiger charge is -2.32. The summed E-state index contributed by atoms with van der Waals surface area (Å²) in [4.78, 5) is 10.6. The molecule has 8 aliphatic rings. The largest absolute Gasteiger partial charge is 0.372 e. The number of anilines is 2. The zero-order valence-electron chi connectivity index (χ0n) is 65.3. The van der Waals surface area contributed by atoms with Crippen LogP contribution in [0.1, 0.15) is 379 Å². The molecule has 0 radical (unpaired) electrons. The fourth-order valence-corrected chi connectivity index (χ4v) is 16.6. The first-order valence-electron chi connectivity index (χ1n) is 37.9. The minimum atomic E-state index is 0. The van der Waals surface area contributed by atoms with Gasteiger partial charge >= 0.3 is 0 Å². The monoisotopic (exact) mass is 1340 g/mol. The summed E-state index contributed by atoms with van der Waals surface area (Å²) in [5.41, 5.74) is 19.9. The zero-order valence-corrected chi connectivity index (χ0v) is 65.3. The van der Waals surface area contributed by atoms with E-state index in [0.29, 0.717) is 35.8 Å². The van der Waals surface area contributed by atoms with Gasteiger partial charge in [-0.25, -0.2) is 0 Å². The number of rotatable bonds is 4. The summed E-state index contributed by atoms with van der Waals surface area (Å²) >= 11 is 0. The summed E-state index contributed by atoms with van der Waals surface area (Å²) in [5, 5.41) is 6.05. The van der Waals surface area contributed by atoms with E-state index in [1.165, 1.54) is 60.3 Å². The van der Waals surface area contributed by atoms with E-state index in [2.05, 4.69) is 207 Å². The van der Waals surface area contributed by atoms with Crippen LogP contribution in [0.5, 0.6) is 0 Å². The Morgan fingerprint density at radius 2 is 0.594 bits per heavy atom. The maximum absolute atomic E-state index is 2.67. The number of hydrogen-bond donors (Lipinski definition) is 0. The van der Waals surface area contributed by atoms with E-state index in [1.54, 1.807) is 67.3 Å². The van der Waals surface area contributed by atoms with Gasteiger partial charge in [-0.3, -0.25) is 0 Å². The molecule has 96 heavy (non-hydrogen) atoms. The summed E-state index contributed by atoms with van der Waals surface area (Å²) in [5.74, 6) is 9.02. The molecular weight excluding hydrogens is 1160 g/mol. The molecule has 4 nitrogen and oxygen atoms in total. The molecule has 0 bridgehead atoms. The van der Waals surface area contributed by atoms with Gasteiger partial charge in [-0.05, 0) is 206 Å². The predicted molar refractivity (Wildman–Crippen MR) is 459 cm³/mol. The number of likely N-dealkylation sites (tertiary alicyclic amines) is 2. The summed E-state index contributed by atoms with van der Waals surface area (Å²) in [7, 11) is 0. The van der Waals surface area contributed by atoms with Crippen molar-refractivity contribution in [3.8, 4) is 0 Å². The lowest BCUT2D eigenvalue weighted by Crippen LogP contribution is -2.33. The fraction of sp³-hybridized carbons (Fsp3) is 0.739. The van der Waals surface area contributed by atoms with Gasteiger partial charge in [0.1, 0.15) is 0 Å². The normalized spacial score (nSPS) is 26.5. The van der Waals surface area contributed by atoms with Crippen molar-refractivity contribution in [2.45, 2.75) is 382 Å². The molecule has 0 saturated heterocycles. The molecule has 4 heteroatoms. The number of allylic oxidation sites excluding steroid dienone is 2. The third-order valence-corrected chi connectivity index (χ3v) is 22.2. The van der Waals surface area contributed by atoms with E-state index in [-0.39, 0.29) is 59.4 Å². The second kappa shape index (κ2) is 51.3. The van der Waals surface area contributed by atoms with Crippen molar-refractivity contribution in [1.29, 1.82) is 0 Å². The Labute approximate surface area is 609 Å². The van der Waals surface area contributed by atoms with E-state index < -0.39 is 0 Å². The van der Waals surface area contributed by atoms with Crippen molar-refractivity contribution >= 4 is 32.9 Å². The van der Waals surface area contributed by atoms with Gasteiger partial charge in [0.15, 0.2) is 0 Å². The SMILES string of the molecule is C.C.C.C.C.C.C.C.CC.CC.CC.CC.CC.CC.CC.CC.CCN1C2=C(C[C@@H](C)[C@H]2C)[C@H](C)[C@@H]1C.CCN1C2=C([C@@H](C)[C@@H](C)C2)[C@H](C)[C@@H]1C.CCN1c2c3c(c4ccccc4c2[C@H](C)[C@@H]1C)C[C@@H](C)[C@H]3C.CCN1c2c3c(c4ccccc4c2[C@H](C)[C@@H]1C)[C@@H](C)[C@@H](C)C3. The average molecular weight is 1340 g/mol. The highest BCUT2D eigenvalue weighted by Crippen LogP contribution is 2.57. The van der Waals surface area contributed by atoms with Gasteiger partial charge in [-0.15, -0.1) is 0 Å². The van der Waals surface area contributed by atoms with Crippen molar-refractivity contribution in [2.75, 3.05) is 36.0 Å². The molecule has 0 fully saturated rings. The number of hydrogen-bond acceptors (Lipinski definition) is 4. The van der Waals surface area contributed by atoms with Crippen LogP contribution in [0, 0.1) is 47.3 Å². The first-order chi connectivity index (χ1) is 42.3. The van der Waals surface area contributed by atoms with Crippen LogP contribution in [-0.2, 0) is 12.8 Å². The quantitative estimate of drug-likeness (QED) is 0.202. The highest BCUT2D eigenvalue weighted by molar-refractivity contribution is 5.99. The molecule has 4 heterocycles. The van der Waals surface area contributed by atoms with Crippen LogP contribution in [0.15, 0.2) is 71.1 Å². The third kappa shape index (κ3) is 20.6. The van der Waals surface area contributed by atoms with Crippen molar-refractivity contribution in [2.24, 2.45) is 47.3 Å². The maximum Gasteiger partial charge on any atom is 0.0449 e. The lowest BCUT2D eigenvalue weighted by molar-refractivity contribution is 0.230. The molecule has 0 spiro atoms. The fourth-order valence-electron chi connectivity index (χ4n) is 16.6. The maximum atomic E-state index is 2.67. The minimum Gasteiger partial charge on any atom is -0.372 e. The predicted octanol–water partition coefficient (Wildman–Crippen LogP) is 30.8. The number of nitrogens with zero attached hydrogens (tertiary/aromatic N) is 4. The second-order valence-electron chi connectivity index (χ2n) is 25.4. The third-order valence-electron chi connectivity index (χ3n) is 22.2. The molecule has 4 aromatic carbocycles. The molecular formula is C92H180N4. The van der Waals surface area contributed by atoms with Crippen molar-refractivity contribution in [3.05, 3.63) is 104 Å². The smallest absolute Gasteiger partial charge is 0.0449 e. The Kier molecular flexibility index (Phi) is 57.7. The van der Waals surface area contributed by atoms with E-state index in [1.807, 2.05) is 111 Å². The molecule has 4 aliphatic carbocycles. The Balaban J connectivity index is -0.000000165. The summed E-state index contributed by atoms with van der Waals surface area (Å²) in [6, 6.07) is 21.0. The van der Waals surface area contributed by atoms with E-state index in [4.69, 9.17) is 0 Å².